The Morgan fingerprint density at radius 1 is 1.29 bits per heavy atom. The van der Waals surface area contributed by atoms with Crippen LogP contribution < -0.4 is 16.2 Å². The Morgan fingerprint density at radius 3 is 2.71 bits per heavy atom. The highest BCUT2D eigenvalue weighted by molar-refractivity contribution is 9.10. The quantitative estimate of drug-likeness (QED) is 0.726. The molecule has 0 aliphatic rings. The number of aromatic nitrogens is 1. The number of benzene rings is 1. The Balaban J connectivity index is 2.62. The molecule has 6 nitrogen and oxygen atoms in total. The second-order valence-electron chi connectivity index (χ2n) is 5.32. The molecule has 0 radical (unpaired) electrons. The van der Waals surface area contributed by atoms with Crippen LogP contribution in [-0.4, -0.2) is 22.8 Å². The minimum atomic E-state index is -0.490. The van der Waals surface area contributed by atoms with Crippen LogP contribution in [0.1, 0.15) is 19.8 Å². The monoisotopic (exact) mass is 393 g/mol. The van der Waals surface area contributed by atoms with Gasteiger partial charge in [-0.15, -0.1) is 0 Å². The van der Waals surface area contributed by atoms with Gasteiger partial charge in [0, 0.05) is 35.4 Å². The number of halogens is 1. The molecule has 0 spiro atoms. The van der Waals surface area contributed by atoms with Crippen molar-refractivity contribution in [3.63, 3.8) is 0 Å². The maximum absolute atomic E-state index is 12.7. The first kappa shape index (κ1) is 18.1. The number of hydrogen-bond donors (Lipinski definition) is 3. The number of urea groups is 1. The van der Waals surface area contributed by atoms with Crippen molar-refractivity contribution < 1.29 is 9.90 Å². The molecule has 0 saturated carbocycles. The molecule has 3 N–H and O–H groups in total. The van der Waals surface area contributed by atoms with Crippen LogP contribution in [0.4, 0.5) is 10.5 Å². The Hall–Kier alpha value is -2.28. The summed E-state index contributed by atoms with van der Waals surface area (Å²) >= 11 is 3.36. The Kier molecular flexibility index (Phi) is 6.03. The van der Waals surface area contributed by atoms with E-state index in [9.17, 15) is 14.7 Å². The number of phenols is 1. The van der Waals surface area contributed by atoms with Gasteiger partial charge in [0.1, 0.15) is 11.4 Å². The van der Waals surface area contributed by atoms with Gasteiger partial charge in [0.15, 0.2) is 0 Å². The largest absolute Gasteiger partial charge is 0.507 e. The first-order chi connectivity index (χ1) is 11.5. The van der Waals surface area contributed by atoms with Crippen LogP contribution in [0, 0.1) is 0 Å². The fourth-order valence-electron chi connectivity index (χ4n) is 2.32. The molecule has 7 heteroatoms. The third-order valence-electron chi connectivity index (χ3n) is 3.63. The number of rotatable bonds is 5. The molecule has 0 bridgehead atoms. The van der Waals surface area contributed by atoms with Gasteiger partial charge >= 0.3 is 6.03 Å². The number of nitrogens with one attached hydrogen (secondary N) is 2. The minimum absolute atomic E-state index is 0.0314. The third kappa shape index (κ3) is 3.97. The summed E-state index contributed by atoms with van der Waals surface area (Å²) in [4.78, 5) is 24.5. The number of unbranched alkanes of at least 4 members (excludes halogenated alkanes) is 1. The number of anilines is 1. The van der Waals surface area contributed by atoms with Crippen molar-refractivity contribution in [3.05, 3.63) is 45.3 Å². The lowest BCUT2D eigenvalue weighted by molar-refractivity contribution is 0.254. The Morgan fingerprint density at radius 2 is 2.04 bits per heavy atom. The average Bonchev–Trinajstić information content (AvgIpc) is 2.57. The predicted molar refractivity (Wildman–Crippen MR) is 98.5 cm³/mol. The molecule has 1 aromatic heterocycles. The van der Waals surface area contributed by atoms with E-state index in [1.54, 1.807) is 29.0 Å². The zero-order valence-corrected chi connectivity index (χ0v) is 15.2. The van der Waals surface area contributed by atoms with Crippen LogP contribution >= 0.6 is 15.9 Å². The maximum atomic E-state index is 12.7. The van der Waals surface area contributed by atoms with Crippen molar-refractivity contribution in [2.45, 2.75) is 26.3 Å². The second kappa shape index (κ2) is 8.01. The molecule has 0 fully saturated rings. The molecule has 0 aliphatic carbocycles. The highest BCUT2D eigenvalue weighted by Crippen LogP contribution is 2.34. The fraction of sp³-hybridized carbons (Fsp3) is 0.294. The lowest BCUT2D eigenvalue weighted by Crippen LogP contribution is -2.31. The van der Waals surface area contributed by atoms with Crippen LogP contribution in [0.2, 0.25) is 0 Å². The summed E-state index contributed by atoms with van der Waals surface area (Å²) < 4.78 is 2.32. The summed E-state index contributed by atoms with van der Waals surface area (Å²) in [6.07, 6.45) is 3.50. The van der Waals surface area contributed by atoms with Crippen LogP contribution in [0.15, 0.2) is 39.7 Å². The van der Waals surface area contributed by atoms with Crippen LogP contribution in [-0.2, 0) is 6.54 Å². The second-order valence-corrected chi connectivity index (χ2v) is 6.24. The van der Waals surface area contributed by atoms with Crippen LogP contribution in [0.25, 0.3) is 11.1 Å². The summed E-state index contributed by atoms with van der Waals surface area (Å²) in [6, 6.07) is 6.18. The molecule has 24 heavy (non-hydrogen) atoms. The number of phenolic OH excluding ortho intramolecular Hbond substituents is 1. The lowest BCUT2D eigenvalue weighted by Gasteiger charge is -2.15. The maximum Gasteiger partial charge on any atom is 0.319 e. The summed E-state index contributed by atoms with van der Waals surface area (Å²) in [6.45, 7) is 2.62. The Bertz CT molecular complexity index is 802. The number of nitrogens with zero attached hydrogens (tertiary/aromatic N) is 1. The average molecular weight is 394 g/mol. The minimum Gasteiger partial charge on any atom is -0.507 e. The first-order valence-corrected chi connectivity index (χ1v) is 8.48. The van der Waals surface area contributed by atoms with E-state index in [1.165, 1.54) is 13.1 Å². The molecule has 0 atom stereocenters. The van der Waals surface area contributed by atoms with Crippen molar-refractivity contribution in [2.24, 2.45) is 0 Å². The van der Waals surface area contributed by atoms with E-state index in [1.807, 2.05) is 6.92 Å². The van der Waals surface area contributed by atoms with E-state index in [-0.39, 0.29) is 17.0 Å². The molecule has 1 aromatic carbocycles. The van der Waals surface area contributed by atoms with Gasteiger partial charge in [-0.25, -0.2) is 4.79 Å². The molecule has 0 unspecified atom stereocenters. The summed E-state index contributed by atoms with van der Waals surface area (Å²) in [5.41, 5.74) is 0.774. The number of hydrogen-bond acceptors (Lipinski definition) is 3. The zero-order chi connectivity index (χ0) is 17.7. The smallest absolute Gasteiger partial charge is 0.319 e. The standard InChI is InChI=1S/C17H20BrN3O3/c1-3-4-8-21-9-7-12(13-10-11(18)5-6-14(13)22)15(16(21)23)20-17(24)19-2/h5-7,9-10,22H,3-4,8H2,1-2H3,(H2,19,20,24). The molecule has 2 amide bonds. The van der Waals surface area contributed by atoms with Crippen molar-refractivity contribution >= 4 is 27.6 Å². The summed E-state index contributed by atoms with van der Waals surface area (Å²) in [5, 5.41) is 15.2. The molecule has 0 aliphatic heterocycles. The Labute approximate surface area is 148 Å². The van der Waals surface area contributed by atoms with Gasteiger partial charge in [-0.05, 0) is 30.7 Å². The van der Waals surface area contributed by atoms with E-state index in [0.717, 1.165) is 17.3 Å². The number of amides is 2. The van der Waals surface area contributed by atoms with Crippen LogP contribution in [0.3, 0.4) is 0 Å². The van der Waals surface area contributed by atoms with Gasteiger partial charge < -0.3 is 20.3 Å². The SMILES string of the molecule is CCCCn1ccc(-c2cc(Br)ccc2O)c(NC(=O)NC)c1=O. The van der Waals surface area contributed by atoms with Crippen molar-refractivity contribution in [2.75, 3.05) is 12.4 Å². The summed E-state index contributed by atoms with van der Waals surface area (Å²) in [7, 11) is 1.48. The van der Waals surface area contributed by atoms with E-state index < -0.39 is 6.03 Å². The molecule has 128 valence electrons. The van der Waals surface area contributed by atoms with Gasteiger partial charge in [-0.3, -0.25) is 4.79 Å². The zero-order valence-electron chi connectivity index (χ0n) is 13.6. The van der Waals surface area contributed by atoms with E-state index >= 15 is 0 Å². The van der Waals surface area contributed by atoms with Gasteiger partial charge in [-0.2, -0.15) is 0 Å². The van der Waals surface area contributed by atoms with Gasteiger partial charge in [0.2, 0.25) is 0 Å². The number of aryl methyl sites for hydroxylation is 1. The van der Waals surface area contributed by atoms with Crippen LogP contribution in [0.5, 0.6) is 5.75 Å². The molecule has 1 heterocycles. The number of carbonyl (C=O) groups is 1. The van der Waals surface area contributed by atoms with Crippen molar-refractivity contribution in [1.29, 1.82) is 0 Å². The number of carbonyl (C=O) groups excluding carboxylic acids is 1. The normalized spacial score (nSPS) is 10.5. The highest BCUT2D eigenvalue weighted by Gasteiger charge is 2.16. The van der Waals surface area contributed by atoms with E-state index in [4.69, 9.17) is 0 Å². The number of pyridine rings is 1. The fourth-order valence-corrected chi connectivity index (χ4v) is 2.69. The summed E-state index contributed by atoms with van der Waals surface area (Å²) in [5.74, 6) is 0.0314. The van der Waals surface area contributed by atoms with Crippen molar-refractivity contribution in [3.8, 4) is 16.9 Å². The first-order valence-electron chi connectivity index (χ1n) is 7.69. The molecule has 2 rings (SSSR count). The molecule has 2 aromatic rings. The van der Waals surface area contributed by atoms with E-state index in [2.05, 4.69) is 26.6 Å². The third-order valence-corrected chi connectivity index (χ3v) is 4.13. The van der Waals surface area contributed by atoms with Gasteiger partial charge in [0.05, 0.1) is 0 Å². The van der Waals surface area contributed by atoms with E-state index in [0.29, 0.717) is 17.7 Å². The highest BCUT2D eigenvalue weighted by atomic mass is 79.9. The lowest BCUT2D eigenvalue weighted by atomic mass is 10.0. The molecular formula is C17H20BrN3O3. The molecular weight excluding hydrogens is 374 g/mol. The van der Waals surface area contributed by atoms with Crippen molar-refractivity contribution in [1.82, 2.24) is 9.88 Å². The predicted octanol–water partition coefficient (Wildman–Crippen LogP) is 3.53. The van der Waals surface area contributed by atoms with Gasteiger partial charge in [0.25, 0.3) is 5.56 Å². The molecule has 0 saturated heterocycles. The topological polar surface area (TPSA) is 83.4 Å². The van der Waals surface area contributed by atoms with Gasteiger partial charge in [-0.1, -0.05) is 29.3 Å². The number of aromatic hydroxyl groups is 1.